The van der Waals surface area contributed by atoms with Crippen molar-refractivity contribution in [1.29, 1.82) is 0 Å². The van der Waals surface area contributed by atoms with E-state index in [0.29, 0.717) is 12.6 Å². The van der Waals surface area contributed by atoms with Gasteiger partial charge in [0.2, 0.25) is 0 Å². The molecule has 0 fully saturated rings. The lowest BCUT2D eigenvalue weighted by Crippen LogP contribution is -2.27. The molecule has 0 bridgehead atoms. The molecule has 98 valence electrons. The zero-order valence-corrected chi connectivity index (χ0v) is 11.0. The smallest absolute Gasteiger partial charge is 0.316 e. The third-order valence-electron chi connectivity index (χ3n) is 3.31. The molecule has 3 rings (SSSR count). The van der Waals surface area contributed by atoms with Gasteiger partial charge in [0.15, 0.2) is 0 Å². The van der Waals surface area contributed by atoms with Crippen molar-refractivity contribution in [3.63, 3.8) is 0 Å². The Balaban J connectivity index is 1.69. The van der Waals surface area contributed by atoms with E-state index in [1.807, 2.05) is 36.5 Å². The van der Waals surface area contributed by atoms with Gasteiger partial charge in [0.25, 0.3) is 0 Å². The maximum atomic E-state index is 5.65. The zero-order chi connectivity index (χ0) is 13.1. The molecule has 1 aliphatic rings. The summed E-state index contributed by atoms with van der Waals surface area (Å²) < 4.78 is 5.65. The van der Waals surface area contributed by atoms with Gasteiger partial charge in [-0.2, -0.15) is 4.98 Å². The first-order chi connectivity index (χ1) is 9.31. The quantitative estimate of drug-likeness (QED) is 0.841. The summed E-state index contributed by atoms with van der Waals surface area (Å²) in [5.41, 5.74) is 3.46. The van der Waals surface area contributed by atoms with Gasteiger partial charge in [-0.3, -0.25) is 0 Å². The molecular weight excluding hydrogens is 238 g/mol. The van der Waals surface area contributed by atoms with Crippen molar-refractivity contribution < 1.29 is 4.74 Å². The molecule has 0 aliphatic carbocycles. The van der Waals surface area contributed by atoms with Crippen molar-refractivity contribution in [1.82, 2.24) is 14.9 Å². The van der Waals surface area contributed by atoms with Crippen molar-refractivity contribution in [3.05, 3.63) is 53.3 Å². The Labute approximate surface area is 113 Å². The highest BCUT2D eigenvalue weighted by atomic mass is 16.5. The summed E-state index contributed by atoms with van der Waals surface area (Å²) in [7, 11) is 2.11. The molecule has 1 aliphatic heterocycles. The summed E-state index contributed by atoms with van der Waals surface area (Å²) in [6.45, 7) is 2.48. The lowest BCUT2D eigenvalue weighted by Gasteiger charge is -2.23. The van der Waals surface area contributed by atoms with E-state index in [2.05, 4.69) is 21.9 Å². The average Bonchev–Trinajstić information content (AvgIpc) is 2.46. The number of fused-ring (bicyclic) bond motifs is 1. The SMILES string of the molecule is CN1CCc2nc(OCc3ccccc3)ncc2C1. The van der Waals surface area contributed by atoms with Crippen LogP contribution in [-0.4, -0.2) is 28.5 Å². The van der Waals surface area contributed by atoms with Crippen LogP contribution in [0.25, 0.3) is 0 Å². The van der Waals surface area contributed by atoms with Crippen LogP contribution in [0.5, 0.6) is 6.01 Å². The van der Waals surface area contributed by atoms with Crippen molar-refractivity contribution >= 4 is 0 Å². The second-order valence-electron chi connectivity index (χ2n) is 4.89. The van der Waals surface area contributed by atoms with E-state index in [0.717, 1.165) is 30.8 Å². The summed E-state index contributed by atoms with van der Waals surface area (Å²) >= 11 is 0. The third kappa shape index (κ3) is 2.90. The Bertz CT molecular complexity index is 557. The number of hydrogen-bond donors (Lipinski definition) is 0. The third-order valence-corrected chi connectivity index (χ3v) is 3.31. The summed E-state index contributed by atoms with van der Waals surface area (Å²) in [6.07, 6.45) is 2.86. The molecule has 19 heavy (non-hydrogen) atoms. The van der Waals surface area contributed by atoms with E-state index < -0.39 is 0 Å². The molecule has 0 saturated carbocycles. The molecule has 0 saturated heterocycles. The lowest BCUT2D eigenvalue weighted by atomic mass is 10.1. The van der Waals surface area contributed by atoms with Crippen LogP contribution in [0.4, 0.5) is 0 Å². The average molecular weight is 255 g/mol. The number of aromatic nitrogens is 2. The van der Waals surface area contributed by atoms with Gasteiger partial charge in [-0.15, -0.1) is 0 Å². The molecule has 0 amide bonds. The van der Waals surface area contributed by atoms with Gasteiger partial charge in [0, 0.05) is 31.3 Å². The van der Waals surface area contributed by atoms with Crippen molar-refractivity contribution in [2.75, 3.05) is 13.6 Å². The zero-order valence-electron chi connectivity index (χ0n) is 11.0. The van der Waals surface area contributed by atoms with E-state index in [4.69, 9.17) is 4.74 Å². The number of benzene rings is 1. The molecule has 0 spiro atoms. The minimum Gasteiger partial charge on any atom is -0.459 e. The first-order valence-corrected chi connectivity index (χ1v) is 6.51. The molecule has 2 aromatic rings. The van der Waals surface area contributed by atoms with Gasteiger partial charge in [0.05, 0.1) is 5.69 Å². The van der Waals surface area contributed by atoms with Crippen LogP contribution in [0.2, 0.25) is 0 Å². The maximum absolute atomic E-state index is 5.65. The Morgan fingerprint density at radius 2 is 2.11 bits per heavy atom. The monoisotopic (exact) mass is 255 g/mol. The number of ether oxygens (including phenoxy) is 1. The highest BCUT2D eigenvalue weighted by Gasteiger charge is 2.15. The van der Waals surface area contributed by atoms with Crippen molar-refractivity contribution in [2.24, 2.45) is 0 Å². The highest BCUT2D eigenvalue weighted by Crippen LogP contribution is 2.17. The molecular formula is C15H17N3O. The van der Waals surface area contributed by atoms with Gasteiger partial charge in [-0.1, -0.05) is 30.3 Å². The summed E-state index contributed by atoms with van der Waals surface area (Å²) in [4.78, 5) is 11.1. The molecule has 0 N–H and O–H groups in total. The van der Waals surface area contributed by atoms with Gasteiger partial charge >= 0.3 is 6.01 Å². The normalized spacial score (nSPS) is 15.0. The van der Waals surface area contributed by atoms with Gasteiger partial charge in [-0.05, 0) is 12.6 Å². The van der Waals surface area contributed by atoms with Crippen LogP contribution in [0.1, 0.15) is 16.8 Å². The fourth-order valence-corrected chi connectivity index (χ4v) is 2.23. The largest absolute Gasteiger partial charge is 0.459 e. The van der Waals surface area contributed by atoms with Crippen LogP contribution < -0.4 is 4.74 Å². The summed E-state index contributed by atoms with van der Waals surface area (Å²) in [5, 5.41) is 0. The second-order valence-corrected chi connectivity index (χ2v) is 4.89. The van der Waals surface area contributed by atoms with Crippen molar-refractivity contribution in [2.45, 2.75) is 19.6 Å². The molecule has 4 heteroatoms. The molecule has 2 heterocycles. The lowest BCUT2D eigenvalue weighted by molar-refractivity contribution is 0.271. The van der Waals surface area contributed by atoms with E-state index in [1.165, 1.54) is 5.56 Å². The van der Waals surface area contributed by atoms with E-state index >= 15 is 0 Å². The Morgan fingerprint density at radius 1 is 1.26 bits per heavy atom. The number of hydrogen-bond acceptors (Lipinski definition) is 4. The highest BCUT2D eigenvalue weighted by molar-refractivity contribution is 5.22. The number of rotatable bonds is 3. The Hall–Kier alpha value is -1.94. The number of likely N-dealkylation sites (N-methyl/N-ethyl adjacent to an activating group) is 1. The van der Waals surface area contributed by atoms with Crippen molar-refractivity contribution in [3.8, 4) is 6.01 Å². The molecule has 1 aromatic heterocycles. The van der Waals surface area contributed by atoms with Crippen LogP contribution in [0.3, 0.4) is 0 Å². The van der Waals surface area contributed by atoms with Crippen LogP contribution in [0, 0.1) is 0 Å². The van der Waals surface area contributed by atoms with Crippen LogP contribution in [0.15, 0.2) is 36.5 Å². The summed E-state index contributed by atoms with van der Waals surface area (Å²) in [5.74, 6) is 0. The standard InChI is InChI=1S/C15H17N3O/c1-18-8-7-14-13(10-18)9-16-15(17-14)19-11-12-5-3-2-4-6-12/h2-6,9H,7-8,10-11H2,1H3. The Kier molecular flexibility index (Phi) is 3.42. The van der Waals surface area contributed by atoms with Crippen LogP contribution in [-0.2, 0) is 19.6 Å². The minimum atomic E-state index is 0.479. The first kappa shape index (κ1) is 12.1. The van der Waals surface area contributed by atoms with Gasteiger partial charge in [-0.25, -0.2) is 4.98 Å². The fraction of sp³-hybridized carbons (Fsp3) is 0.333. The van der Waals surface area contributed by atoms with Crippen LogP contribution >= 0.6 is 0 Å². The summed E-state index contributed by atoms with van der Waals surface area (Å²) in [6, 6.07) is 10.5. The maximum Gasteiger partial charge on any atom is 0.316 e. The topological polar surface area (TPSA) is 38.2 Å². The van der Waals surface area contributed by atoms with E-state index in [-0.39, 0.29) is 0 Å². The van der Waals surface area contributed by atoms with Gasteiger partial charge < -0.3 is 9.64 Å². The Morgan fingerprint density at radius 3 is 2.95 bits per heavy atom. The second kappa shape index (κ2) is 5.36. The molecule has 0 atom stereocenters. The van der Waals surface area contributed by atoms with Gasteiger partial charge in [0.1, 0.15) is 6.61 Å². The molecule has 0 radical (unpaired) electrons. The first-order valence-electron chi connectivity index (χ1n) is 6.51. The molecule has 4 nitrogen and oxygen atoms in total. The van der Waals surface area contributed by atoms with E-state index in [1.54, 1.807) is 0 Å². The fourth-order valence-electron chi connectivity index (χ4n) is 2.23. The predicted molar refractivity (Wildman–Crippen MR) is 72.8 cm³/mol. The molecule has 1 aromatic carbocycles. The van der Waals surface area contributed by atoms with E-state index in [9.17, 15) is 0 Å². The predicted octanol–water partition coefficient (Wildman–Crippen LogP) is 2.04. The molecule has 0 unspecified atom stereocenters. The number of nitrogens with zero attached hydrogens (tertiary/aromatic N) is 3. The minimum absolute atomic E-state index is 0.479.